The predicted octanol–water partition coefficient (Wildman–Crippen LogP) is 3.20. The summed E-state index contributed by atoms with van der Waals surface area (Å²) in [5.41, 5.74) is 1.52. The van der Waals surface area contributed by atoms with E-state index in [1.165, 1.54) is 18.4 Å². The molecule has 1 saturated carbocycles. The first-order valence-electron chi connectivity index (χ1n) is 7.29. The first-order chi connectivity index (χ1) is 8.88. The number of hydrogen-bond acceptors (Lipinski definition) is 3. The molecule has 1 unspecified atom stereocenters. The molecule has 1 N–H and O–H groups in total. The molecule has 0 saturated heterocycles. The Balaban J connectivity index is 1.96. The van der Waals surface area contributed by atoms with E-state index in [1.807, 2.05) is 6.20 Å². The topological polar surface area (TPSA) is 28.2 Å². The quantitative estimate of drug-likeness (QED) is 0.882. The lowest BCUT2D eigenvalue weighted by atomic mass is 9.87. The Labute approximate surface area is 117 Å². The van der Waals surface area contributed by atoms with E-state index in [4.69, 9.17) is 0 Å². The highest BCUT2D eigenvalue weighted by Crippen LogP contribution is 2.26. The molecule has 1 atom stereocenters. The highest BCUT2D eigenvalue weighted by atomic mass is 15.2. The molecule has 1 aliphatic rings. The fraction of sp³-hybridized carbons (Fsp3) is 0.688. The van der Waals surface area contributed by atoms with Crippen LogP contribution in [0.3, 0.4) is 0 Å². The van der Waals surface area contributed by atoms with Gasteiger partial charge in [-0.15, -0.1) is 0 Å². The molecule has 1 aromatic heterocycles. The van der Waals surface area contributed by atoms with Gasteiger partial charge in [0.05, 0.1) is 0 Å². The van der Waals surface area contributed by atoms with E-state index in [2.05, 4.69) is 62.1 Å². The molecule has 106 valence electrons. The molecule has 0 bridgehead atoms. The molecule has 0 aromatic carbocycles. The second-order valence-electron chi connectivity index (χ2n) is 6.83. The predicted molar refractivity (Wildman–Crippen MR) is 81.4 cm³/mol. The van der Waals surface area contributed by atoms with Crippen LogP contribution in [0.2, 0.25) is 0 Å². The molecule has 1 aromatic rings. The zero-order chi connectivity index (χ0) is 14.0. The van der Waals surface area contributed by atoms with Crippen LogP contribution in [0, 0.1) is 5.41 Å². The maximum absolute atomic E-state index is 4.60. The Hall–Kier alpha value is -1.09. The Morgan fingerprint density at radius 2 is 2.05 bits per heavy atom. The molecule has 3 heteroatoms. The standard InChI is InChI=1S/C16H27N3/c1-12(16(2,3)4)19(5)15-9-6-13(11-18-15)10-17-14-7-8-14/h6,9,11-12,14,17H,7-8,10H2,1-5H3. The average Bonchev–Trinajstić information content (AvgIpc) is 3.18. The minimum absolute atomic E-state index is 0.253. The first kappa shape index (κ1) is 14.3. The highest BCUT2D eigenvalue weighted by Gasteiger charge is 2.24. The van der Waals surface area contributed by atoms with Crippen molar-refractivity contribution in [3.8, 4) is 0 Å². The second-order valence-corrected chi connectivity index (χ2v) is 6.83. The molecule has 1 heterocycles. The van der Waals surface area contributed by atoms with Gasteiger partial charge in [0.2, 0.25) is 0 Å². The molecule has 19 heavy (non-hydrogen) atoms. The Morgan fingerprint density at radius 3 is 2.53 bits per heavy atom. The molecule has 0 radical (unpaired) electrons. The van der Waals surface area contributed by atoms with Crippen molar-refractivity contribution in [1.29, 1.82) is 0 Å². The zero-order valence-corrected chi connectivity index (χ0v) is 12.9. The molecule has 1 aliphatic carbocycles. The Bertz CT molecular complexity index is 401. The molecule has 2 rings (SSSR count). The van der Waals surface area contributed by atoms with E-state index in [0.717, 1.165) is 18.4 Å². The van der Waals surface area contributed by atoms with Gasteiger partial charge in [0, 0.05) is 31.9 Å². The van der Waals surface area contributed by atoms with Crippen LogP contribution >= 0.6 is 0 Å². The number of aromatic nitrogens is 1. The number of nitrogens with one attached hydrogen (secondary N) is 1. The zero-order valence-electron chi connectivity index (χ0n) is 12.9. The van der Waals surface area contributed by atoms with Gasteiger partial charge in [0.25, 0.3) is 0 Å². The number of nitrogens with zero attached hydrogens (tertiary/aromatic N) is 2. The van der Waals surface area contributed by atoms with Crippen molar-refractivity contribution in [1.82, 2.24) is 10.3 Å². The summed E-state index contributed by atoms with van der Waals surface area (Å²) in [6.07, 6.45) is 4.66. The van der Waals surface area contributed by atoms with Crippen LogP contribution in [0.5, 0.6) is 0 Å². The summed E-state index contributed by atoms with van der Waals surface area (Å²) in [6, 6.07) is 5.52. The van der Waals surface area contributed by atoms with Gasteiger partial charge in [-0.05, 0) is 36.8 Å². The van der Waals surface area contributed by atoms with E-state index >= 15 is 0 Å². The third-order valence-electron chi connectivity index (χ3n) is 4.18. The van der Waals surface area contributed by atoms with Gasteiger partial charge in [-0.1, -0.05) is 26.8 Å². The summed E-state index contributed by atoms with van der Waals surface area (Å²) in [5, 5.41) is 3.51. The molecule has 0 amide bonds. The summed E-state index contributed by atoms with van der Waals surface area (Å²) < 4.78 is 0. The largest absolute Gasteiger partial charge is 0.356 e. The van der Waals surface area contributed by atoms with E-state index in [0.29, 0.717) is 6.04 Å². The lowest BCUT2D eigenvalue weighted by Crippen LogP contribution is -2.39. The minimum Gasteiger partial charge on any atom is -0.356 e. The van der Waals surface area contributed by atoms with E-state index < -0.39 is 0 Å². The van der Waals surface area contributed by atoms with E-state index in [9.17, 15) is 0 Å². The lowest BCUT2D eigenvalue weighted by molar-refractivity contribution is 0.328. The van der Waals surface area contributed by atoms with Crippen LogP contribution in [-0.2, 0) is 6.54 Å². The Kier molecular flexibility index (Phi) is 4.14. The third-order valence-corrected chi connectivity index (χ3v) is 4.18. The van der Waals surface area contributed by atoms with Crippen molar-refractivity contribution < 1.29 is 0 Å². The van der Waals surface area contributed by atoms with Crippen molar-refractivity contribution in [3.05, 3.63) is 23.9 Å². The van der Waals surface area contributed by atoms with Crippen LogP contribution in [0.4, 0.5) is 5.82 Å². The van der Waals surface area contributed by atoms with Crippen LogP contribution in [0.15, 0.2) is 18.3 Å². The van der Waals surface area contributed by atoms with Gasteiger partial charge in [-0.3, -0.25) is 0 Å². The van der Waals surface area contributed by atoms with E-state index in [1.54, 1.807) is 0 Å². The second kappa shape index (κ2) is 5.49. The van der Waals surface area contributed by atoms with Crippen LogP contribution in [0.1, 0.15) is 46.1 Å². The number of hydrogen-bond donors (Lipinski definition) is 1. The number of rotatable bonds is 5. The summed E-state index contributed by atoms with van der Waals surface area (Å²) >= 11 is 0. The van der Waals surface area contributed by atoms with Crippen molar-refractivity contribution >= 4 is 5.82 Å². The molecular weight excluding hydrogens is 234 g/mol. The first-order valence-corrected chi connectivity index (χ1v) is 7.29. The SMILES string of the molecule is CC(N(C)c1ccc(CNC2CC2)cn1)C(C)(C)C. The minimum atomic E-state index is 0.253. The lowest BCUT2D eigenvalue weighted by Gasteiger charge is -2.36. The smallest absolute Gasteiger partial charge is 0.128 e. The molecule has 0 spiro atoms. The van der Waals surface area contributed by atoms with Crippen LogP contribution < -0.4 is 10.2 Å². The highest BCUT2D eigenvalue weighted by molar-refractivity contribution is 5.40. The summed E-state index contributed by atoms with van der Waals surface area (Å²) in [5.74, 6) is 1.05. The van der Waals surface area contributed by atoms with Crippen molar-refractivity contribution in [2.45, 2.75) is 59.2 Å². The van der Waals surface area contributed by atoms with Crippen molar-refractivity contribution in [3.63, 3.8) is 0 Å². The number of pyridine rings is 1. The van der Waals surface area contributed by atoms with Gasteiger partial charge in [0.15, 0.2) is 0 Å². The third kappa shape index (κ3) is 3.93. The van der Waals surface area contributed by atoms with Gasteiger partial charge >= 0.3 is 0 Å². The fourth-order valence-corrected chi connectivity index (χ4v) is 2.06. The van der Waals surface area contributed by atoms with Gasteiger partial charge < -0.3 is 10.2 Å². The summed E-state index contributed by atoms with van der Waals surface area (Å²) in [4.78, 5) is 6.86. The van der Waals surface area contributed by atoms with Crippen LogP contribution in [0.25, 0.3) is 0 Å². The van der Waals surface area contributed by atoms with Crippen LogP contribution in [-0.4, -0.2) is 24.1 Å². The van der Waals surface area contributed by atoms with Crippen molar-refractivity contribution in [2.24, 2.45) is 5.41 Å². The van der Waals surface area contributed by atoms with Gasteiger partial charge in [0.1, 0.15) is 5.82 Å². The molecule has 3 nitrogen and oxygen atoms in total. The molecule has 1 fully saturated rings. The van der Waals surface area contributed by atoms with Crippen molar-refractivity contribution in [2.75, 3.05) is 11.9 Å². The molecule has 0 aliphatic heterocycles. The van der Waals surface area contributed by atoms with Gasteiger partial charge in [-0.2, -0.15) is 0 Å². The van der Waals surface area contributed by atoms with Gasteiger partial charge in [-0.25, -0.2) is 4.98 Å². The maximum atomic E-state index is 4.60. The molecular formula is C16H27N3. The maximum Gasteiger partial charge on any atom is 0.128 e. The summed E-state index contributed by atoms with van der Waals surface area (Å²) in [6.45, 7) is 9.99. The monoisotopic (exact) mass is 261 g/mol. The number of anilines is 1. The summed E-state index contributed by atoms with van der Waals surface area (Å²) in [7, 11) is 2.13. The Morgan fingerprint density at radius 1 is 1.37 bits per heavy atom. The normalized spacial score (nSPS) is 17.3. The fourth-order valence-electron chi connectivity index (χ4n) is 2.06. The average molecular weight is 261 g/mol. The van der Waals surface area contributed by atoms with E-state index in [-0.39, 0.29) is 5.41 Å².